The molecule has 1 rings (SSSR count). The zero-order chi connectivity index (χ0) is 11.4. The van der Waals surface area contributed by atoms with Crippen molar-refractivity contribution in [3.05, 3.63) is 29.3 Å². The van der Waals surface area contributed by atoms with Crippen molar-refractivity contribution in [1.29, 1.82) is 0 Å². The van der Waals surface area contributed by atoms with Gasteiger partial charge in [0.1, 0.15) is 5.75 Å². The quantitative estimate of drug-likeness (QED) is 0.757. The van der Waals surface area contributed by atoms with E-state index in [-0.39, 0.29) is 11.3 Å². The molecule has 0 saturated heterocycles. The van der Waals surface area contributed by atoms with E-state index in [1.165, 1.54) is 25.3 Å². The monoisotopic (exact) mass is 230 g/mol. The van der Waals surface area contributed by atoms with E-state index >= 15 is 0 Å². The smallest absolute Gasteiger partial charge is 0.335 e. The van der Waals surface area contributed by atoms with Crippen LogP contribution < -0.4 is 4.74 Å². The van der Waals surface area contributed by atoms with Crippen molar-refractivity contribution < 1.29 is 23.4 Å². The number of hydrogen-bond acceptors (Lipinski definition) is 3. The van der Waals surface area contributed by atoms with Crippen molar-refractivity contribution in [1.82, 2.24) is 0 Å². The molecule has 0 saturated carbocycles. The average molecular weight is 230 g/mol. The van der Waals surface area contributed by atoms with E-state index < -0.39 is 17.0 Å². The number of aromatic carboxylic acids is 1. The highest BCUT2D eigenvalue weighted by Gasteiger charge is 2.10. The molecule has 0 heterocycles. The van der Waals surface area contributed by atoms with Gasteiger partial charge in [0.05, 0.1) is 18.4 Å². The van der Waals surface area contributed by atoms with Crippen molar-refractivity contribution in [2.75, 3.05) is 7.11 Å². The van der Waals surface area contributed by atoms with Gasteiger partial charge in [-0.1, -0.05) is 6.07 Å². The highest BCUT2D eigenvalue weighted by Crippen LogP contribution is 2.21. The van der Waals surface area contributed by atoms with Gasteiger partial charge in [-0.25, -0.2) is 9.00 Å². The molecule has 5 nitrogen and oxygen atoms in total. The Balaban J connectivity index is 3.08. The first-order valence-electron chi connectivity index (χ1n) is 4.02. The van der Waals surface area contributed by atoms with Gasteiger partial charge >= 0.3 is 5.97 Å². The predicted molar refractivity (Wildman–Crippen MR) is 54.4 cm³/mol. The Morgan fingerprint density at radius 1 is 1.53 bits per heavy atom. The third kappa shape index (κ3) is 3.03. The van der Waals surface area contributed by atoms with Gasteiger partial charge in [0.2, 0.25) is 0 Å². The van der Waals surface area contributed by atoms with E-state index in [0.29, 0.717) is 11.3 Å². The summed E-state index contributed by atoms with van der Waals surface area (Å²) in [6.07, 6.45) is 0. The second kappa shape index (κ2) is 4.90. The number of carboxylic acid groups (broad SMARTS) is 1. The Kier molecular flexibility index (Phi) is 3.81. The van der Waals surface area contributed by atoms with Crippen molar-refractivity contribution in [3.63, 3.8) is 0 Å². The Bertz CT molecular complexity index is 401. The Hall–Kier alpha value is -1.40. The lowest BCUT2D eigenvalue weighted by atomic mass is 10.1. The minimum atomic E-state index is -1.97. The van der Waals surface area contributed by atoms with Crippen molar-refractivity contribution in [2.45, 2.75) is 5.75 Å². The first-order chi connectivity index (χ1) is 7.04. The van der Waals surface area contributed by atoms with Gasteiger partial charge in [0.15, 0.2) is 11.1 Å². The molecule has 0 bridgehead atoms. The average Bonchev–Trinajstić information content (AvgIpc) is 2.17. The number of rotatable bonds is 4. The minimum absolute atomic E-state index is 0.0803. The third-order valence-electron chi connectivity index (χ3n) is 1.81. The minimum Gasteiger partial charge on any atom is -0.496 e. The normalized spacial score (nSPS) is 12.1. The second-order valence-corrected chi connectivity index (χ2v) is 3.73. The summed E-state index contributed by atoms with van der Waals surface area (Å²) in [5.74, 6) is -0.842. The number of methoxy groups -OCH3 is 1. The van der Waals surface area contributed by atoms with Crippen LogP contribution in [0.3, 0.4) is 0 Å². The Morgan fingerprint density at radius 2 is 2.20 bits per heavy atom. The van der Waals surface area contributed by atoms with Crippen LogP contribution in [0.25, 0.3) is 0 Å². The van der Waals surface area contributed by atoms with Gasteiger partial charge in [-0.05, 0) is 12.1 Å². The maximum absolute atomic E-state index is 10.6. The SMILES string of the molecule is COc1cc(C(=O)O)ccc1CS(=O)O. The van der Waals surface area contributed by atoms with Gasteiger partial charge < -0.3 is 14.4 Å². The fourth-order valence-electron chi connectivity index (χ4n) is 1.13. The lowest BCUT2D eigenvalue weighted by molar-refractivity contribution is 0.0696. The molecular weight excluding hydrogens is 220 g/mol. The Labute approximate surface area is 89.0 Å². The molecule has 15 heavy (non-hydrogen) atoms. The number of ether oxygens (including phenoxy) is 1. The standard InChI is InChI=1S/C9H10O5S/c1-14-8-4-6(9(10)11)2-3-7(8)5-15(12)13/h2-4H,5H2,1H3,(H,10,11)(H,12,13). The van der Waals surface area contributed by atoms with E-state index in [9.17, 15) is 9.00 Å². The first-order valence-corrected chi connectivity index (χ1v) is 5.30. The van der Waals surface area contributed by atoms with Crippen molar-refractivity contribution in [3.8, 4) is 5.75 Å². The molecule has 0 aliphatic heterocycles. The van der Waals surface area contributed by atoms with E-state index in [1.807, 2.05) is 0 Å². The molecule has 0 spiro atoms. The van der Waals surface area contributed by atoms with Crippen LogP contribution in [0, 0.1) is 0 Å². The molecule has 0 radical (unpaired) electrons. The van der Waals surface area contributed by atoms with Crippen LogP contribution in [0.4, 0.5) is 0 Å². The predicted octanol–water partition coefficient (Wildman–Crippen LogP) is 1.12. The number of carboxylic acids is 1. The molecule has 0 aromatic heterocycles. The topological polar surface area (TPSA) is 83.8 Å². The van der Waals surface area contributed by atoms with Crippen molar-refractivity contribution in [2.24, 2.45) is 0 Å². The molecule has 1 atom stereocenters. The molecule has 1 unspecified atom stereocenters. The van der Waals surface area contributed by atoms with Gasteiger partial charge in [-0.3, -0.25) is 0 Å². The van der Waals surface area contributed by atoms with Crippen LogP contribution in [0.15, 0.2) is 18.2 Å². The van der Waals surface area contributed by atoms with E-state index in [2.05, 4.69) is 0 Å². The van der Waals surface area contributed by atoms with Crippen molar-refractivity contribution >= 4 is 17.0 Å². The number of hydrogen-bond donors (Lipinski definition) is 2. The van der Waals surface area contributed by atoms with Crippen LogP contribution in [0.2, 0.25) is 0 Å². The molecule has 2 N–H and O–H groups in total. The van der Waals surface area contributed by atoms with Crippen LogP contribution in [-0.4, -0.2) is 26.9 Å². The maximum Gasteiger partial charge on any atom is 0.335 e. The maximum atomic E-state index is 10.6. The molecule has 0 aliphatic carbocycles. The summed E-state index contributed by atoms with van der Waals surface area (Å²) in [7, 11) is 1.38. The van der Waals surface area contributed by atoms with E-state index in [0.717, 1.165) is 0 Å². The molecule has 1 aromatic carbocycles. The summed E-state index contributed by atoms with van der Waals surface area (Å²) in [4.78, 5) is 10.6. The van der Waals surface area contributed by atoms with Crippen LogP contribution in [0.1, 0.15) is 15.9 Å². The second-order valence-electron chi connectivity index (χ2n) is 2.80. The lowest BCUT2D eigenvalue weighted by Crippen LogP contribution is -2.01. The highest BCUT2D eigenvalue weighted by molar-refractivity contribution is 7.78. The fourth-order valence-corrected chi connectivity index (χ4v) is 1.63. The summed E-state index contributed by atoms with van der Waals surface area (Å²) >= 11 is -1.97. The summed E-state index contributed by atoms with van der Waals surface area (Å²) in [5.41, 5.74) is 0.586. The first kappa shape index (κ1) is 11.7. The van der Waals surface area contributed by atoms with E-state index in [4.69, 9.17) is 14.4 Å². The largest absolute Gasteiger partial charge is 0.496 e. The van der Waals surface area contributed by atoms with Crippen LogP contribution in [0.5, 0.6) is 5.75 Å². The summed E-state index contributed by atoms with van der Waals surface area (Å²) in [6, 6.07) is 4.16. The molecule has 0 amide bonds. The molecular formula is C9H10O5S. The number of carbonyl (C=O) groups is 1. The molecule has 0 fully saturated rings. The Morgan fingerprint density at radius 3 is 2.67 bits per heavy atom. The van der Waals surface area contributed by atoms with Gasteiger partial charge in [-0.2, -0.15) is 0 Å². The lowest BCUT2D eigenvalue weighted by Gasteiger charge is -2.07. The molecule has 82 valence electrons. The fraction of sp³-hybridized carbons (Fsp3) is 0.222. The van der Waals surface area contributed by atoms with Gasteiger partial charge in [0.25, 0.3) is 0 Å². The summed E-state index contributed by atoms with van der Waals surface area (Å²) in [6.45, 7) is 0. The highest BCUT2D eigenvalue weighted by atomic mass is 32.2. The van der Waals surface area contributed by atoms with Crippen LogP contribution in [-0.2, 0) is 16.8 Å². The number of benzene rings is 1. The van der Waals surface area contributed by atoms with Gasteiger partial charge in [0, 0.05) is 5.56 Å². The third-order valence-corrected chi connectivity index (χ3v) is 2.37. The summed E-state index contributed by atoms with van der Waals surface area (Å²) < 4.78 is 24.2. The zero-order valence-electron chi connectivity index (χ0n) is 7.97. The zero-order valence-corrected chi connectivity index (χ0v) is 8.78. The summed E-state index contributed by atoms with van der Waals surface area (Å²) in [5, 5.41) is 8.71. The van der Waals surface area contributed by atoms with Crippen LogP contribution >= 0.6 is 0 Å². The molecule has 6 heteroatoms. The molecule has 0 aliphatic rings. The molecule has 1 aromatic rings. The van der Waals surface area contributed by atoms with E-state index in [1.54, 1.807) is 0 Å². The van der Waals surface area contributed by atoms with Gasteiger partial charge in [-0.15, -0.1) is 0 Å².